The number of carbonyl (C=O) groups is 2. The van der Waals surface area contributed by atoms with Gasteiger partial charge >= 0.3 is 0 Å². The molecule has 1 unspecified atom stereocenters. The highest BCUT2D eigenvalue weighted by Crippen LogP contribution is 2.32. The molecule has 3 rings (SSSR count). The Bertz CT molecular complexity index is 714. The van der Waals surface area contributed by atoms with E-state index in [4.69, 9.17) is 15.2 Å². The number of carbonyl (C=O) groups excluding carboxylic acids is 2. The Balaban J connectivity index is 1.73. The fourth-order valence-corrected chi connectivity index (χ4v) is 4.06. The first-order valence-corrected chi connectivity index (χ1v) is 10.1. The Hall–Kier alpha value is -2.28. The van der Waals surface area contributed by atoms with Gasteiger partial charge in [-0.15, -0.1) is 0 Å². The van der Waals surface area contributed by atoms with Crippen molar-refractivity contribution >= 4 is 11.8 Å². The molecule has 7 heteroatoms. The lowest BCUT2D eigenvalue weighted by molar-refractivity contribution is -0.121. The van der Waals surface area contributed by atoms with Crippen LogP contribution in [-0.2, 0) is 4.79 Å². The predicted octanol–water partition coefficient (Wildman–Crippen LogP) is 2.04. The summed E-state index contributed by atoms with van der Waals surface area (Å²) in [6, 6.07) is 5.20. The molecule has 2 saturated heterocycles. The topological polar surface area (TPSA) is 85.1 Å². The van der Waals surface area contributed by atoms with Gasteiger partial charge in [0.15, 0.2) is 11.5 Å². The van der Waals surface area contributed by atoms with Gasteiger partial charge in [0.25, 0.3) is 5.91 Å². The molecule has 2 heterocycles. The SMILES string of the molecule is COc1ccc(C(=O)N2CCCC2C(N)=O)cc1OC1CCN(C(C)C)CC1. The number of rotatable bonds is 6. The van der Waals surface area contributed by atoms with Gasteiger partial charge < -0.3 is 25.0 Å². The Labute approximate surface area is 166 Å². The molecular formula is C21H31N3O4. The number of likely N-dealkylation sites (tertiary alicyclic amines) is 2. The van der Waals surface area contributed by atoms with Crippen LogP contribution in [0.4, 0.5) is 0 Å². The van der Waals surface area contributed by atoms with Gasteiger partial charge in [-0.25, -0.2) is 0 Å². The van der Waals surface area contributed by atoms with Crippen molar-refractivity contribution in [3.8, 4) is 11.5 Å². The number of methoxy groups -OCH3 is 1. The first-order valence-electron chi connectivity index (χ1n) is 10.1. The second-order valence-corrected chi connectivity index (χ2v) is 7.87. The van der Waals surface area contributed by atoms with Gasteiger partial charge in [0.1, 0.15) is 12.1 Å². The van der Waals surface area contributed by atoms with Crippen LogP contribution in [0.1, 0.15) is 49.9 Å². The number of piperidine rings is 1. The fourth-order valence-electron chi connectivity index (χ4n) is 4.06. The maximum atomic E-state index is 12.9. The molecule has 2 N–H and O–H groups in total. The molecule has 0 bridgehead atoms. The zero-order valence-electron chi connectivity index (χ0n) is 17.0. The molecule has 2 aliphatic heterocycles. The lowest BCUT2D eigenvalue weighted by atomic mass is 10.1. The third-order valence-corrected chi connectivity index (χ3v) is 5.75. The van der Waals surface area contributed by atoms with E-state index in [0.717, 1.165) is 32.4 Å². The molecule has 28 heavy (non-hydrogen) atoms. The number of benzene rings is 1. The van der Waals surface area contributed by atoms with Crippen molar-refractivity contribution in [3.63, 3.8) is 0 Å². The maximum absolute atomic E-state index is 12.9. The molecule has 0 radical (unpaired) electrons. The quantitative estimate of drug-likeness (QED) is 0.805. The number of ether oxygens (including phenoxy) is 2. The van der Waals surface area contributed by atoms with Crippen molar-refractivity contribution in [3.05, 3.63) is 23.8 Å². The highest BCUT2D eigenvalue weighted by molar-refractivity contribution is 5.98. The first-order chi connectivity index (χ1) is 13.4. The zero-order chi connectivity index (χ0) is 20.3. The maximum Gasteiger partial charge on any atom is 0.254 e. The molecule has 7 nitrogen and oxygen atoms in total. The van der Waals surface area contributed by atoms with E-state index in [-0.39, 0.29) is 12.0 Å². The molecule has 0 spiro atoms. The van der Waals surface area contributed by atoms with E-state index in [1.54, 1.807) is 30.2 Å². The number of nitrogens with zero attached hydrogens (tertiary/aromatic N) is 2. The van der Waals surface area contributed by atoms with Crippen LogP contribution < -0.4 is 15.2 Å². The summed E-state index contributed by atoms with van der Waals surface area (Å²) >= 11 is 0. The summed E-state index contributed by atoms with van der Waals surface area (Å²) < 4.78 is 11.7. The molecule has 154 valence electrons. The third kappa shape index (κ3) is 4.41. The van der Waals surface area contributed by atoms with E-state index in [1.165, 1.54) is 0 Å². The average Bonchev–Trinajstić information content (AvgIpc) is 3.18. The molecule has 1 atom stereocenters. The van der Waals surface area contributed by atoms with Crippen molar-refractivity contribution in [2.24, 2.45) is 5.73 Å². The Morgan fingerprint density at radius 2 is 1.82 bits per heavy atom. The average molecular weight is 389 g/mol. The fraction of sp³-hybridized carbons (Fsp3) is 0.619. The summed E-state index contributed by atoms with van der Waals surface area (Å²) in [5.41, 5.74) is 5.94. The van der Waals surface area contributed by atoms with Crippen molar-refractivity contribution in [1.29, 1.82) is 0 Å². The molecule has 2 amide bonds. The minimum absolute atomic E-state index is 0.0967. The van der Waals surface area contributed by atoms with Crippen molar-refractivity contribution in [1.82, 2.24) is 9.80 Å². The van der Waals surface area contributed by atoms with E-state index >= 15 is 0 Å². The summed E-state index contributed by atoms with van der Waals surface area (Å²) in [5, 5.41) is 0. The van der Waals surface area contributed by atoms with Crippen molar-refractivity contribution < 1.29 is 19.1 Å². The van der Waals surface area contributed by atoms with E-state index in [1.807, 2.05) is 0 Å². The van der Waals surface area contributed by atoms with Crippen LogP contribution in [0.2, 0.25) is 0 Å². The van der Waals surface area contributed by atoms with Crippen LogP contribution in [0.3, 0.4) is 0 Å². The van der Waals surface area contributed by atoms with E-state index in [2.05, 4.69) is 18.7 Å². The van der Waals surface area contributed by atoms with Gasteiger partial charge in [-0.2, -0.15) is 0 Å². The number of amides is 2. The molecule has 2 fully saturated rings. The van der Waals surface area contributed by atoms with Crippen LogP contribution in [-0.4, -0.2) is 66.5 Å². The highest BCUT2D eigenvalue weighted by Gasteiger charge is 2.33. The van der Waals surface area contributed by atoms with Gasteiger partial charge in [-0.3, -0.25) is 9.59 Å². The normalized spacial score (nSPS) is 21.1. The summed E-state index contributed by atoms with van der Waals surface area (Å²) in [7, 11) is 1.59. The van der Waals surface area contributed by atoms with Crippen LogP contribution in [0.15, 0.2) is 18.2 Å². The summed E-state index contributed by atoms with van der Waals surface area (Å²) in [6.45, 7) is 6.95. The van der Waals surface area contributed by atoms with Gasteiger partial charge in [0, 0.05) is 31.2 Å². The summed E-state index contributed by atoms with van der Waals surface area (Å²) in [5.74, 6) is 0.540. The highest BCUT2D eigenvalue weighted by atomic mass is 16.5. The summed E-state index contributed by atoms with van der Waals surface area (Å²) in [4.78, 5) is 28.6. The van der Waals surface area contributed by atoms with Gasteiger partial charge in [0.2, 0.25) is 5.91 Å². The van der Waals surface area contributed by atoms with Gasteiger partial charge in [0.05, 0.1) is 7.11 Å². The number of hydrogen-bond donors (Lipinski definition) is 1. The van der Waals surface area contributed by atoms with Crippen LogP contribution >= 0.6 is 0 Å². The second-order valence-electron chi connectivity index (χ2n) is 7.87. The number of hydrogen-bond acceptors (Lipinski definition) is 5. The predicted molar refractivity (Wildman–Crippen MR) is 107 cm³/mol. The monoisotopic (exact) mass is 389 g/mol. The smallest absolute Gasteiger partial charge is 0.254 e. The molecular weight excluding hydrogens is 358 g/mol. The molecule has 0 aromatic heterocycles. The molecule has 0 saturated carbocycles. The summed E-state index contributed by atoms with van der Waals surface area (Å²) in [6.07, 6.45) is 3.38. The van der Waals surface area contributed by atoms with Crippen LogP contribution in [0.5, 0.6) is 11.5 Å². The second kappa shape index (κ2) is 8.82. The number of nitrogens with two attached hydrogens (primary N) is 1. The molecule has 1 aromatic carbocycles. The molecule has 0 aliphatic carbocycles. The minimum atomic E-state index is -0.528. The standard InChI is InChI=1S/C21H31N3O4/c1-14(2)23-11-8-16(9-12-23)28-19-13-15(6-7-18(19)27-3)21(26)24-10-4-5-17(24)20(22)25/h6-7,13-14,16-17H,4-5,8-12H2,1-3H3,(H2,22,25). The number of primary amides is 1. The lowest BCUT2D eigenvalue weighted by Crippen LogP contribution is -2.43. The van der Waals surface area contributed by atoms with Crippen molar-refractivity contribution in [2.45, 2.75) is 57.7 Å². The minimum Gasteiger partial charge on any atom is -0.493 e. The largest absolute Gasteiger partial charge is 0.493 e. The van der Waals surface area contributed by atoms with Gasteiger partial charge in [-0.05, 0) is 57.7 Å². The van der Waals surface area contributed by atoms with Crippen molar-refractivity contribution in [2.75, 3.05) is 26.7 Å². The van der Waals surface area contributed by atoms with Crippen LogP contribution in [0.25, 0.3) is 0 Å². The lowest BCUT2D eigenvalue weighted by Gasteiger charge is -2.34. The van der Waals surface area contributed by atoms with E-state index in [9.17, 15) is 9.59 Å². The third-order valence-electron chi connectivity index (χ3n) is 5.75. The van der Waals surface area contributed by atoms with E-state index < -0.39 is 11.9 Å². The Morgan fingerprint density at radius 3 is 2.43 bits per heavy atom. The Morgan fingerprint density at radius 1 is 1.11 bits per heavy atom. The molecule has 2 aliphatic rings. The Kier molecular flexibility index (Phi) is 6.44. The first kappa shape index (κ1) is 20.5. The zero-order valence-corrected chi connectivity index (χ0v) is 17.0. The van der Waals surface area contributed by atoms with E-state index in [0.29, 0.717) is 36.1 Å². The van der Waals surface area contributed by atoms with Gasteiger partial charge in [-0.1, -0.05) is 0 Å². The van der Waals surface area contributed by atoms with Crippen LogP contribution in [0, 0.1) is 0 Å². The molecule has 1 aromatic rings.